The molecule has 0 saturated carbocycles. The van der Waals surface area contributed by atoms with Crippen molar-refractivity contribution < 1.29 is 0 Å². The van der Waals surface area contributed by atoms with Crippen LogP contribution in [0.3, 0.4) is 0 Å². The molecule has 0 nitrogen and oxygen atoms in total. The Morgan fingerprint density at radius 3 is 2.69 bits per heavy atom. The third-order valence-electron chi connectivity index (χ3n) is 2.40. The number of halogens is 1. The molecule has 72 valence electrons. The van der Waals surface area contributed by atoms with E-state index in [4.69, 9.17) is 11.6 Å². The highest BCUT2D eigenvalue weighted by Gasteiger charge is 1.98. The fraction of sp³-hybridized carbons (Fsp3) is 0.500. The van der Waals surface area contributed by atoms with Gasteiger partial charge in [0.05, 0.1) is 0 Å². The van der Waals surface area contributed by atoms with Crippen molar-refractivity contribution in [3.05, 3.63) is 34.9 Å². The van der Waals surface area contributed by atoms with Crippen molar-refractivity contribution in [3.8, 4) is 0 Å². The Morgan fingerprint density at radius 1 is 1.31 bits per heavy atom. The molecule has 0 radical (unpaired) electrons. The standard InChI is InChI=1S/C12H17Cl/c1-3-11-7-6-10(2)12(9-11)5-4-8-13/h6-7,9H,3-5,8H2,1-2H3. The molecule has 0 aliphatic heterocycles. The summed E-state index contributed by atoms with van der Waals surface area (Å²) in [5.74, 6) is 0.760. The Labute approximate surface area is 85.9 Å². The number of hydrogen-bond donors (Lipinski definition) is 0. The first-order valence-corrected chi connectivity index (χ1v) is 5.45. The van der Waals surface area contributed by atoms with Gasteiger partial charge in [-0.1, -0.05) is 25.1 Å². The van der Waals surface area contributed by atoms with Gasteiger partial charge in [-0.3, -0.25) is 0 Å². The van der Waals surface area contributed by atoms with E-state index >= 15 is 0 Å². The van der Waals surface area contributed by atoms with E-state index in [2.05, 4.69) is 32.0 Å². The highest BCUT2D eigenvalue weighted by Crippen LogP contribution is 2.13. The second-order valence-electron chi connectivity index (χ2n) is 3.41. The van der Waals surface area contributed by atoms with Crippen molar-refractivity contribution in [2.75, 3.05) is 5.88 Å². The third kappa shape index (κ3) is 3.04. The predicted molar refractivity (Wildman–Crippen MR) is 59.6 cm³/mol. The SMILES string of the molecule is CCc1ccc(C)c(CCCCl)c1. The van der Waals surface area contributed by atoms with E-state index in [0.29, 0.717) is 0 Å². The van der Waals surface area contributed by atoms with Gasteiger partial charge in [-0.25, -0.2) is 0 Å². The molecule has 0 aliphatic carbocycles. The van der Waals surface area contributed by atoms with Gasteiger partial charge in [0.2, 0.25) is 0 Å². The molecule has 1 aromatic rings. The van der Waals surface area contributed by atoms with Crippen LogP contribution in [0.25, 0.3) is 0 Å². The van der Waals surface area contributed by atoms with E-state index in [1.807, 2.05) is 0 Å². The predicted octanol–water partition coefficient (Wildman–Crippen LogP) is 3.73. The number of alkyl halides is 1. The van der Waals surface area contributed by atoms with Crippen molar-refractivity contribution in [2.24, 2.45) is 0 Å². The minimum absolute atomic E-state index is 0.760. The fourth-order valence-electron chi connectivity index (χ4n) is 1.47. The van der Waals surface area contributed by atoms with Crippen LogP contribution in [-0.4, -0.2) is 5.88 Å². The normalized spacial score (nSPS) is 10.4. The van der Waals surface area contributed by atoms with E-state index in [1.54, 1.807) is 0 Å². The molecule has 0 N–H and O–H groups in total. The second kappa shape index (κ2) is 5.29. The highest BCUT2D eigenvalue weighted by molar-refractivity contribution is 6.17. The van der Waals surface area contributed by atoms with E-state index in [-0.39, 0.29) is 0 Å². The van der Waals surface area contributed by atoms with Crippen LogP contribution in [0.1, 0.15) is 30.0 Å². The van der Waals surface area contributed by atoms with E-state index < -0.39 is 0 Å². The second-order valence-corrected chi connectivity index (χ2v) is 3.78. The van der Waals surface area contributed by atoms with Crippen LogP contribution < -0.4 is 0 Å². The first-order valence-electron chi connectivity index (χ1n) is 4.92. The van der Waals surface area contributed by atoms with Gasteiger partial charge >= 0.3 is 0 Å². The van der Waals surface area contributed by atoms with Crippen LogP contribution in [0.5, 0.6) is 0 Å². The van der Waals surface area contributed by atoms with Gasteiger partial charge in [-0.2, -0.15) is 0 Å². The van der Waals surface area contributed by atoms with Crippen LogP contribution in [0.15, 0.2) is 18.2 Å². The summed E-state index contributed by atoms with van der Waals surface area (Å²) in [6.45, 7) is 4.36. The Bertz CT molecular complexity index is 266. The average Bonchev–Trinajstić information content (AvgIpc) is 2.17. The average molecular weight is 197 g/mol. The number of aryl methyl sites for hydroxylation is 3. The lowest BCUT2D eigenvalue weighted by Gasteiger charge is -2.06. The highest BCUT2D eigenvalue weighted by atomic mass is 35.5. The maximum absolute atomic E-state index is 5.68. The van der Waals surface area contributed by atoms with Crippen molar-refractivity contribution >= 4 is 11.6 Å². The lowest BCUT2D eigenvalue weighted by Crippen LogP contribution is -1.92. The van der Waals surface area contributed by atoms with Gasteiger partial charge in [0.1, 0.15) is 0 Å². The van der Waals surface area contributed by atoms with Crippen LogP contribution in [0.4, 0.5) is 0 Å². The zero-order valence-electron chi connectivity index (χ0n) is 8.44. The molecule has 0 bridgehead atoms. The van der Waals surface area contributed by atoms with Gasteiger partial charge in [-0.05, 0) is 42.9 Å². The summed E-state index contributed by atoms with van der Waals surface area (Å²) in [5, 5.41) is 0. The lowest BCUT2D eigenvalue weighted by molar-refractivity contribution is 0.914. The molecule has 0 aromatic heterocycles. The zero-order valence-corrected chi connectivity index (χ0v) is 9.19. The third-order valence-corrected chi connectivity index (χ3v) is 2.67. The molecule has 1 aromatic carbocycles. The number of hydrogen-bond acceptors (Lipinski definition) is 0. The van der Waals surface area contributed by atoms with E-state index in [1.165, 1.54) is 16.7 Å². The number of benzene rings is 1. The van der Waals surface area contributed by atoms with Gasteiger partial charge in [0, 0.05) is 5.88 Å². The molecule has 0 spiro atoms. The Kier molecular flexibility index (Phi) is 4.31. The monoisotopic (exact) mass is 196 g/mol. The maximum atomic E-state index is 5.68. The molecule has 0 unspecified atom stereocenters. The minimum atomic E-state index is 0.760. The Hall–Kier alpha value is -0.490. The Morgan fingerprint density at radius 2 is 2.08 bits per heavy atom. The molecule has 13 heavy (non-hydrogen) atoms. The molecule has 0 atom stereocenters. The van der Waals surface area contributed by atoms with Crippen molar-refractivity contribution in [1.82, 2.24) is 0 Å². The first kappa shape index (κ1) is 10.6. The fourth-order valence-corrected chi connectivity index (χ4v) is 1.60. The van der Waals surface area contributed by atoms with Gasteiger partial charge in [0.25, 0.3) is 0 Å². The van der Waals surface area contributed by atoms with Gasteiger partial charge < -0.3 is 0 Å². The zero-order chi connectivity index (χ0) is 9.68. The summed E-state index contributed by atoms with van der Waals surface area (Å²) in [7, 11) is 0. The minimum Gasteiger partial charge on any atom is -0.127 e. The van der Waals surface area contributed by atoms with Crippen LogP contribution in [0, 0.1) is 6.92 Å². The molecule has 0 saturated heterocycles. The summed E-state index contributed by atoms with van der Waals surface area (Å²) < 4.78 is 0. The summed E-state index contributed by atoms with van der Waals surface area (Å²) >= 11 is 5.68. The van der Waals surface area contributed by atoms with E-state index in [9.17, 15) is 0 Å². The molecule has 1 heteroatoms. The molecule has 1 rings (SSSR count). The summed E-state index contributed by atoms with van der Waals surface area (Å²) in [5.41, 5.74) is 4.28. The summed E-state index contributed by atoms with van der Waals surface area (Å²) in [4.78, 5) is 0. The van der Waals surface area contributed by atoms with Crippen molar-refractivity contribution in [2.45, 2.75) is 33.1 Å². The first-order chi connectivity index (χ1) is 6.27. The largest absolute Gasteiger partial charge is 0.127 e. The quantitative estimate of drug-likeness (QED) is 0.644. The van der Waals surface area contributed by atoms with Crippen LogP contribution in [0.2, 0.25) is 0 Å². The number of rotatable bonds is 4. The van der Waals surface area contributed by atoms with Crippen LogP contribution >= 0.6 is 11.6 Å². The van der Waals surface area contributed by atoms with Crippen LogP contribution in [-0.2, 0) is 12.8 Å². The van der Waals surface area contributed by atoms with Crippen molar-refractivity contribution in [1.29, 1.82) is 0 Å². The van der Waals surface area contributed by atoms with Gasteiger partial charge in [-0.15, -0.1) is 11.6 Å². The maximum Gasteiger partial charge on any atom is 0.0226 e. The molecule has 0 amide bonds. The topological polar surface area (TPSA) is 0 Å². The molecule has 0 aliphatic rings. The molecule has 0 heterocycles. The van der Waals surface area contributed by atoms with Crippen molar-refractivity contribution in [3.63, 3.8) is 0 Å². The summed E-state index contributed by atoms with van der Waals surface area (Å²) in [6, 6.07) is 6.73. The smallest absolute Gasteiger partial charge is 0.0226 e. The molecular formula is C12H17Cl. The molecular weight excluding hydrogens is 180 g/mol. The van der Waals surface area contributed by atoms with Gasteiger partial charge in [0.15, 0.2) is 0 Å². The summed E-state index contributed by atoms with van der Waals surface area (Å²) in [6.07, 6.45) is 3.31. The lowest BCUT2D eigenvalue weighted by atomic mass is 10.0. The molecule has 0 fully saturated rings. The Balaban J connectivity index is 2.78. The van der Waals surface area contributed by atoms with E-state index in [0.717, 1.165) is 25.1 Å².